The summed E-state index contributed by atoms with van der Waals surface area (Å²) in [7, 11) is 3.17. The van der Waals surface area contributed by atoms with Crippen LogP contribution >= 0.6 is 0 Å². The van der Waals surface area contributed by atoms with Gasteiger partial charge in [-0.15, -0.1) is 0 Å². The fraction of sp³-hybridized carbons (Fsp3) is 0.625. The van der Waals surface area contributed by atoms with Gasteiger partial charge in [0.15, 0.2) is 11.2 Å². The topological polar surface area (TPSA) is 105 Å². The molecule has 0 unspecified atom stereocenters. The van der Waals surface area contributed by atoms with Gasteiger partial charge in [0, 0.05) is 53.3 Å². The van der Waals surface area contributed by atoms with Crippen LogP contribution in [0.1, 0.15) is 13.3 Å². The molecule has 0 radical (unpaired) electrons. The lowest BCUT2D eigenvalue weighted by Gasteiger charge is -2.35. The molecular formula is C16H24N6O4. The Hall–Kier alpha value is -2.62. The van der Waals surface area contributed by atoms with E-state index in [0.29, 0.717) is 62.9 Å². The molecule has 2 aromatic heterocycles. The van der Waals surface area contributed by atoms with E-state index in [0.717, 1.165) is 0 Å². The zero-order valence-electron chi connectivity index (χ0n) is 15.3. The Balaban J connectivity index is 2.01. The minimum absolute atomic E-state index is 0.136. The first-order chi connectivity index (χ1) is 12.5. The third-order valence-electron chi connectivity index (χ3n) is 4.72. The van der Waals surface area contributed by atoms with Crippen LogP contribution in [0.25, 0.3) is 11.2 Å². The van der Waals surface area contributed by atoms with Crippen molar-refractivity contribution in [3.8, 4) is 0 Å². The van der Waals surface area contributed by atoms with E-state index >= 15 is 0 Å². The molecule has 0 aromatic carbocycles. The minimum Gasteiger partial charge on any atom is -0.383 e. The highest BCUT2D eigenvalue weighted by atomic mass is 16.5. The second-order valence-corrected chi connectivity index (χ2v) is 6.27. The molecule has 1 fully saturated rings. The molecule has 26 heavy (non-hydrogen) atoms. The molecule has 3 heterocycles. The predicted octanol–water partition coefficient (Wildman–Crippen LogP) is -0.872. The van der Waals surface area contributed by atoms with Crippen LogP contribution < -0.4 is 16.1 Å². The van der Waals surface area contributed by atoms with Crippen molar-refractivity contribution in [1.29, 1.82) is 0 Å². The molecule has 3 rings (SSSR count). The number of carbonyl (C=O) groups excluding carboxylic acids is 1. The summed E-state index contributed by atoms with van der Waals surface area (Å²) in [6.07, 6.45) is 0.490. The van der Waals surface area contributed by atoms with Crippen LogP contribution in [-0.2, 0) is 23.1 Å². The van der Waals surface area contributed by atoms with Crippen LogP contribution in [0.15, 0.2) is 9.59 Å². The van der Waals surface area contributed by atoms with Crippen molar-refractivity contribution in [3.63, 3.8) is 0 Å². The lowest BCUT2D eigenvalue weighted by atomic mass is 10.3. The summed E-state index contributed by atoms with van der Waals surface area (Å²) in [6, 6.07) is 0. The molecule has 0 bridgehead atoms. The highest BCUT2D eigenvalue weighted by molar-refractivity contribution is 5.76. The molecule has 0 spiro atoms. The van der Waals surface area contributed by atoms with E-state index in [-0.39, 0.29) is 5.91 Å². The third kappa shape index (κ3) is 3.12. The number of imidazole rings is 1. The molecule has 142 valence electrons. The van der Waals surface area contributed by atoms with Gasteiger partial charge in [-0.3, -0.25) is 19.1 Å². The number of piperazine rings is 1. The Labute approximate surface area is 150 Å². The fourth-order valence-electron chi connectivity index (χ4n) is 3.24. The first kappa shape index (κ1) is 18.2. The smallest absolute Gasteiger partial charge is 0.329 e. The summed E-state index contributed by atoms with van der Waals surface area (Å²) >= 11 is 0. The maximum absolute atomic E-state index is 12.4. The number of fused-ring (bicyclic) bond motifs is 1. The highest BCUT2D eigenvalue weighted by Gasteiger charge is 2.26. The number of anilines is 1. The van der Waals surface area contributed by atoms with E-state index in [4.69, 9.17) is 4.74 Å². The Morgan fingerprint density at radius 1 is 1.23 bits per heavy atom. The molecule has 2 aromatic rings. The van der Waals surface area contributed by atoms with Gasteiger partial charge in [-0.2, -0.15) is 4.98 Å². The van der Waals surface area contributed by atoms with Gasteiger partial charge in [0.2, 0.25) is 11.9 Å². The van der Waals surface area contributed by atoms with Gasteiger partial charge in [-0.05, 0) is 0 Å². The molecule has 0 saturated carbocycles. The number of hydrogen-bond acceptors (Lipinski definition) is 6. The SMILES string of the molecule is CCC(=O)N1CCN(c2nc3c(c(=O)[nH]c(=O)n3C)n2CCOC)CC1. The molecule has 1 saturated heterocycles. The van der Waals surface area contributed by atoms with Gasteiger partial charge >= 0.3 is 5.69 Å². The quantitative estimate of drug-likeness (QED) is 0.739. The summed E-state index contributed by atoms with van der Waals surface area (Å²) in [5, 5.41) is 0. The second kappa shape index (κ2) is 7.32. The first-order valence-corrected chi connectivity index (χ1v) is 8.69. The predicted molar refractivity (Wildman–Crippen MR) is 96.6 cm³/mol. The zero-order chi connectivity index (χ0) is 18.8. The summed E-state index contributed by atoms with van der Waals surface area (Å²) in [5.74, 6) is 0.753. The van der Waals surface area contributed by atoms with Gasteiger partial charge in [0.25, 0.3) is 5.56 Å². The maximum atomic E-state index is 12.4. The van der Waals surface area contributed by atoms with E-state index in [2.05, 4.69) is 9.97 Å². The zero-order valence-corrected chi connectivity index (χ0v) is 15.3. The van der Waals surface area contributed by atoms with Crippen molar-refractivity contribution < 1.29 is 9.53 Å². The normalized spacial score (nSPS) is 15.0. The van der Waals surface area contributed by atoms with Crippen LogP contribution in [0.2, 0.25) is 0 Å². The second-order valence-electron chi connectivity index (χ2n) is 6.27. The molecule has 1 N–H and O–H groups in total. The van der Waals surface area contributed by atoms with Crippen LogP contribution in [-0.4, -0.2) is 69.8 Å². The average molecular weight is 364 g/mol. The number of aryl methyl sites for hydroxylation is 1. The molecule has 0 atom stereocenters. The van der Waals surface area contributed by atoms with Crippen molar-refractivity contribution in [2.75, 3.05) is 44.8 Å². The molecule has 10 nitrogen and oxygen atoms in total. The van der Waals surface area contributed by atoms with Crippen molar-refractivity contribution >= 4 is 23.0 Å². The van der Waals surface area contributed by atoms with Gasteiger partial charge in [-0.1, -0.05) is 6.92 Å². The molecule has 1 amide bonds. The molecule has 0 aliphatic carbocycles. The Morgan fingerprint density at radius 2 is 1.92 bits per heavy atom. The number of ether oxygens (including phenoxy) is 1. The lowest BCUT2D eigenvalue weighted by Crippen LogP contribution is -2.49. The highest BCUT2D eigenvalue weighted by Crippen LogP contribution is 2.21. The third-order valence-corrected chi connectivity index (χ3v) is 4.72. The summed E-state index contributed by atoms with van der Waals surface area (Å²) in [4.78, 5) is 46.9. The first-order valence-electron chi connectivity index (χ1n) is 8.69. The monoisotopic (exact) mass is 364 g/mol. The van der Waals surface area contributed by atoms with E-state index in [1.165, 1.54) is 4.57 Å². The van der Waals surface area contributed by atoms with Crippen molar-refractivity contribution in [2.45, 2.75) is 19.9 Å². The van der Waals surface area contributed by atoms with Crippen LogP contribution in [0.4, 0.5) is 5.95 Å². The molecule has 1 aliphatic rings. The van der Waals surface area contributed by atoms with Crippen molar-refractivity contribution in [2.24, 2.45) is 7.05 Å². The number of carbonyl (C=O) groups is 1. The number of methoxy groups -OCH3 is 1. The Morgan fingerprint density at radius 3 is 2.54 bits per heavy atom. The lowest BCUT2D eigenvalue weighted by molar-refractivity contribution is -0.131. The number of aromatic amines is 1. The van der Waals surface area contributed by atoms with Crippen LogP contribution in [0.5, 0.6) is 0 Å². The van der Waals surface area contributed by atoms with Crippen LogP contribution in [0.3, 0.4) is 0 Å². The molecule has 1 aliphatic heterocycles. The van der Waals surface area contributed by atoms with Crippen LogP contribution in [0, 0.1) is 0 Å². The largest absolute Gasteiger partial charge is 0.383 e. The van der Waals surface area contributed by atoms with Gasteiger partial charge in [0.1, 0.15) is 0 Å². The summed E-state index contributed by atoms with van der Waals surface area (Å²) in [5.41, 5.74) is -0.260. The van der Waals surface area contributed by atoms with Crippen molar-refractivity contribution in [3.05, 3.63) is 20.8 Å². The fourth-order valence-corrected chi connectivity index (χ4v) is 3.24. The number of nitrogens with one attached hydrogen (secondary N) is 1. The summed E-state index contributed by atoms with van der Waals surface area (Å²) < 4.78 is 8.28. The van der Waals surface area contributed by atoms with Gasteiger partial charge in [-0.25, -0.2) is 4.79 Å². The Bertz CT molecular complexity index is 919. The number of H-pyrrole nitrogens is 1. The molecule has 10 heteroatoms. The number of rotatable bonds is 5. The van der Waals surface area contributed by atoms with E-state index in [1.807, 2.05) is 16.7 Å². The van der Waals surface area contributed by atoms with Crippen molar-refractivity contribution in [1.82, 2.24) is 24.0 Å². The van der Waals surface area contributed by atoms with Gasteiger partial charge in [0.05, 0.1) is 6.61 Å². The standard InChI is InChI=1S/C16H24N6O4/c1-4-11(23)20-5-7-21(8-6-20)15-17-13-12(22(15)9-10-26-3)14(24)18-16(25)19(13)2/h4-10H2,1-3H3,(H,18,24,25). The number of amides is 1. The number of aromatic nitrogens is 4. The number of hydrogen-bond donors (Lipinski definition) is 1. The van der Waals surface area contributed by atoms with E-state index < -0.39 is 11.2 Å². The maximum Gasteiger partial charge on any atom is 0.329 e. The van der Waals surface area contributed by atoms with E-state index in [1.54, 1.807) is 18.7 Å². The minimum atomic E-state index is -0.496. The Kier molecular flexibility index (Phi) is 5.12. The molecular weight excluding hydrogens is 340 g/mol. The average Bonchev–Trinajstić information content (AvgIpc) is 3.04. The van der Waals surface area contributed by atoms with E-state index in [9.17, 15) is 14.4 Å². The summed E-state index contributed by atoms with van der Waals surface area (Å²) in [6.45, 7) is 5.16. The van der Waals surface area contributed by atoms with Gasteiger partial charge < -0.3 is 19.1 Å². The number of nitrogens with zero attached hydrogens (tertiary/aromatic N) is 5.